The van der Waals surface area contributed by atoms with E-state index in [-0.39, 0.29) is 12.1 Å². The summed E-state index contributed by atoms with van der Waals surface area (Å²) in [6.45, 7) is 2.28. The quantitative estimate of drug-likeness (QED) is 0.591. The predicted molar refractivity (Wildman–Crippen MR) is 126 cm³/mol. The fourth-order valence-corrected chi connectivity index (χ4v) is 5.79. The zero-order valence-corrected chi connectivity index (χ0v) is 18.5. The Bertz CT molecular complexity index is 1040. The molecule has 0 N–H and O–H groups in total. The van der Waals surface area contributed by atoms with Crippen LogP contribution in [0.5, 0.6) is 0 Å². The van der Waals surface area contributed by atoms with Crippen LogP contribution in [0.2, 0.25) is 0 Å². The van der Waals surface area contributed by atoms with E-state index in [9.17, 15) is 0 Å². The number of nitrogens with zero attached hydrogens (tertiary/aromatic N) is 5. The molecular weight excluding hydrogens is 390 g/mol. The predicted octanol–water partition coefficient (Wildman–Crippen LogP) is 4.92. The molecular formula is C24H27N5S. The van der Waals surface area contributed by atoms with Crippen LogP contribution in [0.1, 0.15) is 36.8 Å². The second-order valence-electron chi connectivity index (χ2n) is 8.05. The van der Waals surface area contributed by atoms with Gasteiger partial charge in [0.15, 0.2) is 5.17 Å². The van der Waals surface area contributed by atoms with E-state index >= 15 is 0 Å². The van der Waals surface area contributed by atoms with Gasteiger partial charge in [-0.05, 0) is 55.0 Å². The van der Waals surface area contributed by atoms with E-state index in [1.54, 1.807) is 0 Å². The number of thioether (sulfide) groups is 1. The Balaban J connectivity index is 1.58. The van der Waals surface area contributed by atoms with Crippen molar-refractivity contribution in [2.75, 3.05) is 24.7 Å². The van der Waals surface area contributed by atoms with Gasteiger partial charge in [-0.2, -0.15) is 0 Å². The number of pyridine rings is 1. The lowest BCUT2D eigenvalue weighted by Gasteiger charge is -2.32. The summed E-state index contributed by atoms with van der Waals surface area (Å²) in [4.78, 5) is 14.5. The third-order valence-corrected chi connectivity index (χ3v) is 7.18. The van der Waals surface area contributed by atoms with Crippen molar-refractivity contribution in [2.24, 2.45) is 4.99 Å². The number of benzene rings is 1. The molecule has 0 aliphatic carbocycles. The summed E-state index contributed by atoms with van der Waals surface area (Å²) < 4.78 is 2.31. The van der Waals surface area contributed by atoms with Crippen LogP contribution < -0.4 is 4.90 Å². The molecule has 2 aliphatic rings. The molecule has 5 nitrogen and oxygen atoms in total. The van der Waals surface area contributed by atoms with Gasteiger partial charge in [0.2, 0.25) is 0 Å². The lowest BCUT2D eigenvalue weighted by Crippen LogP contribution is -2.36. The average molecular weight is 418 g/mol. The van der Waals surface area contributed by atoms with Gasteiger partial charge in [-0.3, -0.25) is 9.98 Å². The Morgan fingerprint density at radius 2 is 1.90 bits per heavy atom. The summed E-state index contributed by atoms with van der Waals surface area (Å²) in [5.41, 5.74) is 4.68. The molecule has 4 heterocycles. The number of rotatable bonds is 5. The second-order valence-corrected chi connectivity index (χ2v) is 9.04. The molecule has 0 amide bonds. The highest BCUT2D eigenvalue weighted by atomic mass is 32.2. The fraction of sp³-hybridized carbons (Fsp3) is 0.333. The number of hydrogen-bond donors (Lipinski definition) is 0. The summed E-state index contributed by atoms with van der Waals surface area (Å²) in [6, 6.07) is 19.9. The standard InChI is InChI=1S/C24H27N5S/c1-4-17-16-30-24-26-22(20-8-5-6-14-25-20)23(29(17)24)21-9-7-15-28(21)19-12-10-18(11-13-19)27(2)3/h5-15,17,22-23H,4,16H2,1-3H3/t17-,22-,23-/m1/s1. The molecule has 0 spiro atoms. The summed E-state index contributed by atoms with van der Waals surface area (Å²) in [7, 11) is 4.14. The molecule has 154 valence electrons. The number of fused-ring (bicyclic) bond motifs is 1. The van der Waals surface area contributed by atoms with Crippen molar-refractivity contribution in [3.8, 4) is 5.69 Å². The van der Waals surface area contributed by atoms with Crippen molar-refractivity contribution in [3.63, 3.8) is 0 Å². The van der Waals surface area contributed by atoms with Crippen molar-refractivity contribution in [3.05, 3.63) is 78.4 Å². The summed E-state index contributed by atoms with van der Waals surface area (Å²) in [5.74, 6) is 1.11. The minimum Gasteiger partial charge on any atom is -0.378 e. The molecule has 1 aromatic carbocycles. The number of hydrogen-bond acceptors (Lipinski definition) is 5. The van der Waals surface area contributed by atoms with E-state index in [1.807, 2.05) is 24.0 Å². The Kier molecular flexibility index (Phi) is 5.03. The van der Waals surface area contributed by atoms with Crippen LogP contribution in [0, 0.1) is 0 Å². The Morgan fingerprint density at radius 3 is 2.60 bits per heavy atom. The number of anilines is 1. The highest BCUT2D eigenvalue weighted by Gasteiger charge is 2.46. The van der Waals surface area contributed by atoms with Crippen molar-refractivity contribution in [1.82, 2.24) is 14.5 Å². The van der Waals surface area contributed by atoms with E-state index in [0.717, 1.165) is 17.9 Å². The first-order valence-corrected chi connectivity index (χ1v) is 11.5. The van der Waals surface area contributed by atoms with E-state index in [2.05, 4.69) is 95.1 Å². The topological polar surface area (TPSA) is 36.7 Å². The molecule has 0 unspecified atom stereocenters. The first kappa shape index (κ1) is 19.2. The smallest absolute Gasteiger partial charge is 0.160 e. The summed E-state index contributed by atoms with van der Waals surface area (Å²) in [6.07, 6.45) is 5.16. The molecule has 5 rings (SSSR count). The Morgan fingerprint density at radius 1 is 1.07 bits per heavy atom. The van der Waals surface area contributed by atoms with Gasteiger partial charge in [0, 0.05) is 55.4 Å². The van der Waals surface area contributed by atoms with Gasteiger partial charge in [0.1, 0.15) is 12.1 Å². The molecule has 2 aliphatic heterocycles. The molecule has 3 atom stereocenters. The van der Waals surface area contributed by atoms with Crippen LogP contribution in [-0.4, -0.2) is 45.5 Å². The molecule has 1 saturated heterocycles. The van der Waals surface area contributed by atoms with Crippen molar-refractivity contribution < 1.29 is 0 Å². The molecule has 0 bridgehead atoms. The summed E-state index contributed by atoms with van der Waals surface area (Å²) >= 11 is 1.89. The maximum Gasteiger partial charge on any atom is 0.160 e. The number of aromatic nitrogens is 2. The normalized spacial score (nSPS) is 22.8. The molecule has 2 aromatic heterocycles. The van der Waals surface area contributed by atoms with E-state index in [0.29, 0.717) is 6.04 Å². The maximum absolute atomic E-state index is 5.15. The van der Waals surface area contributed by atoms with Gasteiger partial charge in [-0.15, -0.1) is 0 Å². The van der Waals surface area contributed by atoms with E-state index in [4.69, 9.17) is 4.99 Å². The molecule has 1 fully saturated rings. The minimum absolute atomic E-state index is 0.0118. The fourth-order valence-electron chi connectivity index (χ4n) is 4.45. The van der Waals surface area contributed by atoms with Gasteiger partial charge >= 0.3 is 0 Å². The van der Waals surface area contributed by atoms with Crippen molar-refractivity contribution in [2.45, 2.75) is 31.5 Å². The SMILES string of the molecule is CC[C@@H]1CSC2=N[C@H](c3ccccn3)[C@@H](c3cccn3-c3ccc(N(C)C)cc3)N21. The van der Waals surface area contributed by atoms with Gasteiger partial charge in [-0.25, -0.2) is 0 Å². The molecule has 6 heteroatoms. The van der Waals surface area contributed by atoms with Crippen LogP contribution in [0.3, 0.4) is 0 Å². The van der Waals surface area contributed by atoms with Gasteiger partial charge in [0.25, 0.3) is 0 Å². The van der Waals surface area contributed by atoms with Crippen LogP contribution >= 0.6 is 11.8 Å². The first-order chi connectivity index (χ1) is 14.7. The number of aliphatic imine (C=N–C) groups is 1. The minimum atomic E-state index is 0.0118. The van der Waals surface area contributed by atoms with Crippen LogP contribution in [0.15, 0.2) is 72.0 Å². The molecule has 30 heavy (non-hydrogen) atoms. The monoisotopic (exact) mass is 417 g/mol. The third kappa shape index (κ3) is 3.19. The molecule has 3 aromatic rings. The van der Waals surface area contributed by atoms with Gasteiger partial charge < -0.3 is 14.4 Å². The van der Waals surface area contributed by atoms with Gasteiger partial charge in [0.05, 0.1) is 5.69 Å². The average Bonchev–Trinajstić information content (AvgIpc) is 3.49. The first-order valence-electron chi connectivity index (χ1n) is 10.5. The second kappa shape index (κ2) is 7.84. The highest BCUT2D eigenvalue weighted by molar-refractivity contribution is 8.14. The van der Waals surface area contributed by atoms with Crippen LogP contribution in [-0.2, 0) is 0 Å². The Hall–Kier alpha value is -2.73. The zero-order chi connectivity index (χ0) is 20.7. The Labute approximate surface area is 182 Å². The summed E-state index contributed by atoms with van der Waals surface area (Å²) in [5, 5.41) is 1.17. The van der Waals surface area contributed by atoms with Gasteiger partial charge in [-0.1, -0.05) is 24.8 Å². The maximum atomic E-state index is 5.15. The molecule has 0 saturated carbocycles. The van der Waals surface area contributed by atoms with E-state index in [1.165, 1.54) is 22.2 Å². The third-order valence-electron chi connectivity index (χ3n) is 6.06. The van der Waals surface area contributed by atoms with Crippen LogP contribution in [0.25, 0.3) is 5.69 Å². The number of amidine groups is 1. The highest BCUT2D eigenvalue weighted by Crippen LogP contribution is 2.48. The zero-order valence-electron chi connectivity index (χ0n) is 17.6. The lowest BCUT2D eigenvalue weighted by molar-refractivity contribution is 0.249. The van der Waals surface area contributed by atoms with Crippen molar-refractivity contribution in [1.29, 1.82) is 0 Å². The largest absolute Gasteiger partial charge is 0.378 e. The lowest BCUT2D eigenvalue weighted by atomic mass is 9.99. The van der Waals surface area contributed by atoms with Crippen molar-refractivity contribution >= 4 is 22.6 Å². The van der Waals surface area contributed by atoms with Crippen LogP contribution in [0.4, 0.5) is 5.69 Å². The molecule has 0 radical (unpaired) electrons. The van der Waals surface area contributed by atoms with E-state index < -0.39 is 0 Å².